The molecule has 0 N–H and O–H groups in total. The maximum Gasteiger partial charge on any atom is 0.269 e. The maximum absolute atomic E-state index is 10.9. The second kappa shape index (κ2) is 7.18. The van der Waals surface area contributed by atoms with E-state index in [0.29, 0.717) is 6.61 Å². The van der Waals surface area contributed by atoms with Crippen LogP contribution in [0.2, 0.25) is 19.1 Å². The van der Waals surface area contributed by atoms with E-state index in [1.165, 1.54) is 18.9 Å². The molecule has 1 aromatic rings. The molecule has 5 heteroatoms. The third-order valence-electron chi connectivity index (χ3n) is 3.79. The summed E-state index contributed by atoms with van der Waals surface area (Å²) in [6.45, 7) is 11.4. The number of unbranched alkanes of at least 4 members (excludes halogenated alkanes) is 1. The van der Waals surface area contributed by atoms with Gasteiger partial charge in [-0.1, -0.05) is 45.7 Å². The van der Waals surface area contributed by atoms with E-state index in [4.69, 9.17) is 4.43 Å². The topological polar surface area (TPSA) is 52.4 Å². The number of hydrogen-bond donors (Lipinski definition) is 0. The van der Waals surface area contributed by atoms with Gasteiger partial charge in [0.25, 0.3) is 5.69 Å². The highest BCUT2D eigenvalue weighted by Crippen LogP contribution is 2.28. The lowest BCUT2D eigenvalue weighted by atomic mass is 9.85. The molecule has 0 saturated carbocycles. The monoisotopic (exact) mass is 309 g/mol. The van der Waals surface area contributed by atoms with Gasteiger partial charge in [0.05, 0.1) is 4.92 Å². The highest BCUT2D eigenvalue weighted by molar-refractivity contribution is 6.71. The molecule has 0 spiro atoms. The Bertz CT molecular complexity index is 486. The molecule has 0 atom stereocenters. The summed E-state index contributed by atoms with van der Waals surface area (Å²) in [5, 5.41) is 10.9. The second-order valence-electron chi connectivity index (χ2n) is 6.84. The molecule has 0 aromatic heterocycles. The van der Waals surface area contributed by atoms with Crippen molar-refractivity contribution in [3.8, 4) is 0 Å². The van der Waals surface area contributed by atoms with Crippen molar-refractivity contribution in [2.75, 3.05) is 6.61 Å². The fraction of sp³-hybridized carbons (Fsp3) is 0.625. The summed E-state index contributed by atoms with van der Waals surface area (Å²) in [6.07, 6.45) is 2.39. The molecule has 0 aliphatic carbocycles. The molecule has 118 valence electrons. The van der Waals surface area contributed by atoms with Gasteiger partial charge in [-0.15, -0.1) is 0 Å². The molecule has 0 aliphatic heterocycles. The molecule has 4 nitrogen and oxygen atoms in total. The van der Waals surface area contributed by atoms with Crippen LogP contribution in [-0.2, 0) is 9.84 Å². The molecule has 0 heterocycles. The standard InChI is InChI=1S/C16H27NO3Si/c1-6-7-11-21(4,5)20-13-16(2,3)14-9-8-10-15(12-14)17(18)19/h8-10,12H,6-7,11,13H2,1-5H3. The van der Waals surface area contributed by atoms with Crippen molar-refractivity contribution in [3.63, 3.8) is 0 Å². The summed E-state index contributed by atoms with van der Waals surface area (Å²) in [6, 6.07) is 8.03. The van der Waals surface area contributed by atoms with Crippen LogP contribution < -0.4 is 0 Å². The van der Waals surface area contributed by atoms with Crippen LogP contribution >= 0.6 is 0 Å². The smallest absolute Gasteiger partial charge is 0.269 e. The predicted octanol–water partition coefficient (Wildman–Crippen LogP) is 4.89. The largest absolute Gasteiger partial charge is 0.416 e. The first kappa shape index (κ1) is 17.8. The first-order valence-electron chi connectivity index (χ1n) is 7.57. The molecule has 0 bridgehead atoms. The number of rotatable bonds is 8. The molecular formula is C16H27NO3Si. The van der Waals surface area contributed by atoms with Crippen LogP contribution in [0, 0.1) is 10.1 Å². The number of non-ortho nitro benzene ring substituents is 1. The summed E-state index contributed by atoms with van der Waals surface area (Å²) in [7, 11) is -1.64. The summed E-state index contributed by atoms with van der Waals surface area (Å²) < 4.78 is 6.22. The van der Waals surface area contributed by atoms with Gasteiger partial charge >= 0.3 is 0 Å². The lowest BCUT2D eigenvalue weighted by Crippen LogP contribution is -2.36. The van der Waals surface area contributed by atoms with Crippen molar-refractivity contribution < 1.29 is 9.35 Å². The summed E-state index contributed by atoms with van der Waals surface area (Å²) in [5.74, 6) is 0. The van der Waals surface area contributed by atoms with Crippen LogP contribution in [0.1, 0.15) is 39.2 Å². The van der Waals surface area contributed by atoms with Gasteiger partial charge < -0.3 is 4.43 Å². The number of nitro groups is 1. The average Bonchev–Trinajstić information content (AvgIpc) is 2.43. The minimum absolute atomic E-state index is 0.142. The van der Waals surface area contributed by atoms with Gasteiger partial charge in [0.2, 0.25) is 0 Å². The molecular weight excluding hydrogens is 282 g/mol. The van der Waals surface area contributed by atoms with E-state index in [0.717, 1.165) is 11.6 Å². The lowest BCUT2D eigenvalue weighted by Gasteiger charge is -2.31. The minimum atomic E-state index is -1.64. The molecule has 0 aliphatic rings. The van der Waals surface area contributed by atoms with Gasteiger partial charge in [0.15, 0.2) is 8.32 Å². The first-order valence-corrected chi connectivity index (χ1v) is 10.7. The molecule has 0 amide bonds. The van der Waals surface area contributed by atoms with Crippen molar-refractivity contribution >= 4 is 14.0 Å². The Morgan fingerprint density at radius 2 is 2.00 bits per heavy atom. The van der Waals surface area contributed by atoms with Crippen LogP contribution in [0.5, 0.6) is 0 Å². The first-order chi connectivity index (χ1) is 9.68. The van der Waals surface area contributed by atoms with Gasteiger partial charge in [-0.25, -0.2) is 0 Å². The summed E-state index contributed by atoms with van der Waals surface area (Å²) in [5.41, 5.74) is 0.878. The Morgan fingerprint density at radius 1 is 1.33 bits per heavy atom. The normalized spacial score (nSPS) is 12.4. The molecule has 0 fully saturated rings. The molecule has 1 rings (SSSR count). The third kappa shape index (κ3) is 5.59. The molecule has 0 unspecified atom stereocenters. The number of nitrogens with zero attached hydrogens (tertiary/aromatic N) is 1. The number of benzene rings is 1. The minimum Gasteiger partial charge on any atom is -0.416 e. The van der Waals surface area contributed by atoms with Crippen LogP contribution in [0.15, 0.2) is 24.3 Å². The highest BCUT2D eigenvalue weighted by atomic mass is 28.4. The van der Waals surface area contributed by atoms with Gasteiger partial charge in [0.1, 0.15) is 0 Å². The van der Waals surface area contributed by atoms with Crippen molar-refractivity contribution in [2.24, 2.45) is 0 Å². The zero-order valence-electron chi connectivity index (χ0n) is 13.8. The summed E-state index contributed by atoms with van der Waals surface area (Å²) in [4.78, 5) is 10.5. The van der Waals surface area contributed by atoms with Gasteiger partial charge in [0, 0.05) is 24.2 Å². The van der Waals surface area contributed by atoms with Crippen molar-refractivity contribution in [1.29, 1.82) is 0 Å². The van der Waals surface area contributed by atoms with E-state index in [1.807, 2.05) is 6.07 Å². The van der Waals surface area contributed by atoms with Crippen LogP contribution in [0.4, 0.5) is 5.69 Å². The second-order valence-corrected chi connectivity index (χ2v) is 11.2. The summed E-state index contributed by atoms with van der Waals surface area (Å²) >= 11 is 0. The van der Waals surface area contributed by atoms with E-state index >= 15 is 0 Å². The lowest BCUT2D eigenvalue weighted by molar-refractivity contribution is -0.385. The van der Waals surface area contributed by atoms with Crippen LogP contribution in [0.3, 0.4) is 0 Å². The zero-order chi connectivity index (χ0) is 16.1. The fourth-order valence-electron chi connectivity index (χ4n) is 2.17. The SMILES string of the molecule is CCCC[Si](C)(C)OCC(C)(C)c1cccc([N+](=O)[O-])c1. The van der Waals surface area contributed by atoms with Crippen molar-refractivity contribution in [2.45, 2.75) is 58.2 Å². The molecule has 0 radical (unpaired) electrons. The zero-order valence-corrected chi connectivity index (χ0v) is 14.8. The van der Waals surface area contributed by atoms with Gasteiger partial charge in [-0.05, 0) is 24.7 Å². The van der Waals surface area contributed by atoms with E-state index < -0.39 is 8.32 Å². The van der Waals surface area contributed by atoms with Crippen molar-refractivity contribution in [1.82, 2.24) is 0 Å². The van der Waals surface area contributed by atoms with E-state index in [1.54, 1.807) is 12.1 Å². The Labute approximate surface area is 128 Å². The molecule has 1 aromatic carbocycles. The molecule has 21 heavy (non-hydrogen) atoms. The Kier molecular flexibility index (Phi) is 6.10. The maximum atomic E-state index is 10.9. The third-order valence-corrected chi connectivity index (χ3v) is 6.28. The Balaban J connectivity index is 2.77. The Morgan fingerprint density at radius 3 is 2.57 bits per heavy atom. The quantitative estimate of drug-likeness (QED) is 0.390. The molecule has 0 saturated heterocycles. The predicted molar refractivity (Wildman–Crippen MR) is 89.3 cm³/mol. The van der Waals surface area contributed by atoms with Crippen molar-refractivity contribution in [3.05, 3.63) is 39.9 Å². The number of nitro benzene ring substituents is 1. The van der Waals surface area contributed by atoms with Crippen LogP contribution in [0.25, 0.3) is 0 Å². The van der Waals surface area contributed by atoms with E-state index in [9.17, 15) is 10.1 Å². The van der Waals surface area contributed by atoms with Gasteiger partial charge in [-0.3, -0.25) is 10.1 Å². The van der Waals surface area contributed by atoms with Crippen LogP contribution in [-0.4, -0.2) is 19.8 Å². The number of hydrogen-bond acceptors (Lipinski definition) is 3. The van der Waals surface area contributed by atoms with E-state index in [2.05, 4.69) is 33.9 Å². The fourth-order valence-corrected chi connectivity index (χ4v) is 4.28. The van der Waals surface area contributed by atoms with Gasteiger partial charge in [-0.2, -0.15) is 0 Å². The average molecular weight is 309 g/mol. The highest BCUT2D eigenvalue weighted by Gasteiger charge is 2.28. The van der Waals surface area contributed by atoms with E-state index in [-0.39, 0.29) is 16.0 Å². The Hall–Kier alpha value is -1.20.